The van der Waals surface area contributed by atoms with Gasteiger partial charge in [-0.15, -0.1) is 22.7 Å². The fraction of sp³-hybridized carbons (Fsp3) is 0.412. The molecule has 0 aliphatic heterocycles. The molecule has 0 N–H and O–H groups in total. The third kappa shape index (κ3) is 2.70. The van der Waals surface area contributed by atoms with E-state index in [1.54, 1.807) is 36.5 Å². The van der Waals surface area contributed by atoms with Gasteiger partial charge in [0.2, 0.25) is 0 Å². The number of ether oxygens (including phenoxy) is 2. The first-order chi connectivity index (χ1) is 11.1. The molecule has 0 radical (unpaired) electrons. The van der Waals surface area contributed by atoms with Crippen molar-refractivity contribution < 1.29 is 19.1 Å². The maximum absolute atomic E-state index is 12.7. The van der Waals surface area contributed by atoms with Gasteiger partial charge in [-0.1, -0.05) is 0 Å². The van der Waals surface area contributed by atoms with Crippen molar-refractivity contribution in [2.45, 2.75) is 26.7 Å². The Balaban J connectivity index is 2.14. The molecule has 23 heavy (non-hydrogen) atoms. The monoisotopic (exact) mass is 350 g/mol. The zero-order valence-corrected chi connectivity index (χ0v) is 14.7. The molecular weight excluding hydrogens is 332 g/mol. The van der Waals surface area contributed by atoms with Gasteiger partial charge in [0.15, 0.2) is 5.41 Å². The molecule has 0 fully saturated rings. The van der Waals surface area contributed by atoms with E-state index in [1.165, 1.54) is 0 Å². The van der Waals surface area contributed by atoms with Crippen molar-refractivity contribution in [1.82, 2.24) is 0 Å². The van der Waals surface area contributed by atoms with E-state index in [1.807, 2.05) is 22.9 Å². The lowest BCUT2D eigenvalue weighted by atomic mass is 9.78. The van der Waals surface area contributed by atoms with Crippen LogP contribution in [0.2, 0.25) is 0 Å². The van der Waals surface area contributed by atoms with Crippen molar-refractivity contribution in [1.29, 1.82) is 0 Å². The Bertz CT molecular complexity index is 666. The van der Waals surface area contributed by atoms with E-state index >= 15 is 0 Å². The van der Waals surface area contributed by atoms with Crippen LogP contribution in [0, 0.1) is 5.41 Å². The summed E-state index contributed by atoms with van der Waals surface area (Å²) in [5.74, 6) is -0.982. The van der Waals surface area contributed by atoms with E-state index in [9.17, 15) is 9.59 Å². The molecule has 0 amide bonds. The van der Waals surface area contributed by atoms with Crippen molar-refractivity contribution in [3.63, 3.8) is 0 Å². The van der Waals surface area contributed by atoms with E-state index in [4.69, 9.17) is 9.47 Å². The number of carbonyl (C=O) groups excluding carboxylic acids is 2. The van der Waals surface area contributed by atoms with Gasteiger partial charge in [0.25, 0.3) is 0 Å². The second-order valence-corrected chi connectivity index (χ2v) is 7.26. The smallest absolute Gasteiger partial charge is 0.324 e. The van der Waals surface area contributed by atoms with Gasteiger partial charge in [0, 0.05) is 22.6 Å². The van der Waals surface area contributed by atoms with Crippen LogP contribution in [-0.2, 0) is 31.9 Å². The number of rotatable bonds is 4. The third-order valence-corrected chi connectivity index (χ3v) is 6.09. The molecule has 122 valence electrons. The molecule has 1 aliphatic carbocycles. The van der Waals surface area contributed by atoms with Crippen LogP contribution in [0.15, 0.2) is 22.9 Å². The van der Waals surface area contributed by atoms with Gasteiger partial charge in [-0.25, -0.2) is 0 Å². The molecule has 0 atom stereocenters. The highest BCUT2D eigenvalue weighted by molar-refractivity contribution is 7.20. The Labute approximate surface area is 143 Å². The van der Waals surface area contributed by atoms with E-state index in [2.05, 4.69) is 0 Å². The topological polar surface area (TPSA) is 52.6 Å². The first kappa shape index (κ1) is 16.2. The molecule has 2 aromatic heterocycles. The van der Waals surface area contributed by atoms with Crippen molar-refractivity contribution in [2.24, 2.45) is 5.41 Å². The first-order valence-electron chi connectivity index (χ1n) is 7.60. The number of hydrogen-bond donors (Lipinski definition) is 0. The largest absolute Gasteiger partial charge is 0.465 e. The highest BCUT2D eigenvalue weighted by atomic mass is 32.1. The molecule has 0 bridgehead atoms. The molecule has 0 spiro atoms. The molecule has 2 aromatic rings. The summed E-state index contributed by atoms with van der Waals surface area (Å²) in [5.41, 5.74) is 0.725. The average molecular weight is 350 g/mol. The van der Waals surface area contributed by atoms with Gasteiger partial charge < -0.3 is 9.47 Å². The Morgan fingerprint density at radius 3 is 1.78 bits per heavy atom. The lowest BCUT2D eigenvalue weighted by Gasteiger charge is -2.28. The summed E-state index contributed by atoms with van der Waals surface area (Å²) in [6, 6.07) is 3.98. The van der Waals surface area contributed by atoms with Crippen LogP contribution >= 0.6 is 22.7 Å². The summed E-state index contributed by atoms with van der Waals surface area (Å²) >= 11 is 3.29. The van der Waals surface area contributed by atoms with Gasteiger partial charge in [-0.05, 0) is 47.9 Å². The van der Waals surface area contributed by atoms with Gasteiger partial charge in [0.1, 0.15) is 0 Å². The second kappa shape index (κ2) is 6.45. The van der Waals surface area contributed by atoms with Crippen molar-refractivity contribution in [3.05, 3.63) is 34.0 Å². The normalized spacial score (nSPS) is 15.2. The molecule has 0 saturated carbocycles. The number of carbonyl (C=O) groups is 2. The Kier molecular flexibility index (Phi) is 4.55. The summed E-state index contributed by atoms with van der Waals surface area (Å²) in [4.78, 5) is 27.8. The van der Waals surface area contributed by atoms with Gasteiger partial charge in [-0.3, -0.25) is 9.59 Å². The van der Waals surface area contributed by atoms with E-state index in [0.717, 1.165) is 20.9 Å². The summed E-state index contributed by atoms with van der Waals surface area (Å²) < 4.78 is 10.5. The van der Waals surface area contributed by atoms with Crippen molar-refractivity contribution >= 4 is 34.6 Å². The molecule has 0 unspecified atom stereocenters. The predicted octanol–water partition coefficient (Wildman–Crippen LogP) is 3.69. The van der Waals surface area contributed by atoms with Crippen LogP contribution in [0.25, 0.3) is 9.75 Å². The number of hydrogen-bond acceptors (Lipinski definition) is 6. The number of esters is 2. The van der Waals surface area contributed by atoms with Gasteiger partial charge in [0.05, 0.1) is 13.2 Å². The molecule has 0 saturated heterocycles. The van der Waals surface area contributed by atoms with E-state index < -0.39 is 17.4 Å². The van der Waals surface area contributed by atoms with Crippen LogP contribution in [0.4, 0.5) is 0 Å². The van der Waals surface area contributed by atoms with E-state index in [0.29, 0.717) is 12.8 Å². The summed E-state index contributed by atoms with van der Waals surface area (Å²) in [7, 11) is 0. The fourth-order valence-electron chi connectivity index (χ4n) is 2.97. The van der Waals surface area contributed by atoms with Crippen LogP contribution in [0.3, 0.4) is 0 Å². The van der Waals surface area contributed by atoms with E-state index in [-0.39, 0.29) is 13.2 Å². The van der Waals surface area contributed by atoms with Crippen molar-refractivity contribution in [2.75, 3.05) is 13.2 Å². The number of thiophene rings is 2. The molecule has 0 aromatic carbocycles. The minimum atomic E-state index is -1.30. The van der Waals surface area contributed by atoms with Crippen LogP contribution < -0.4 is 0 Å². The standard InChI is InChI=1S/C17H18O4S2/c1-3-20-15(18)17(16(19)21-4-2)9-11-5-7-22-13(11)14-12(10-17)6-8-23-14/h5-8H,3-4,9-10H2,1-2H3. The minimum Gasteiger partial charge on any atom is -0.465 e. The average Bonchev–Trinajstić information content (AvgIpc) is 3.13. The minimum absolute atomic E-state index is 0.243. The second-order valence-electron chi connectivity index (χ2n) is 5.43. The Morgan fingerprint density at radius 2 is 1.39 bits per heavy atom. The highest BCUT2D eigenvalue weighted by Gasteiger charge is 2.51. The first-order valence-corrected chi connectivity index (χ1v) is 9.36. The van der Waals surface area contributed by atoms with Crippen LogP contribution in [0.5, 0.6) is 0 Å². The SMILES string of the molecule is CCOC(=O)C1(C(=O)OCC)Cc2ccsc2-c2sccc2C1. The van der Waals surface area contributed by atoms with Gasteiger partial charge >= 0.3 is 11.9 Å². The molecule has 1 aliphatic rings. The van der Waals surface area contributed by atoms with Gasteiger partial charge in [-0.2, -0.15) is 0 Å². The highest BCUT2D eigenvalue weighted by Crippen LogP contribution is 2.46. The van der Waals surface area contributed by atoms with Crippen LogP contribution in [0.1, 0.15) is 25.0 Å². The third-order valence-electron chi connectivity index (χ3n) is 4.02. The van der Waals surface area contributed by atoms with Crippen molar-refractivity contribution in [3.8, 4) is 9.75 Å². The quantitative estimate of drug-likeness (QED) is 0.623. The molecule has 3 rings (SSSR count). The molecule has 2 heterocycles. The zero-order chi connectivity index (χ0) is 16.4. The lowest BCUT2D eigenvalue weighted by Crippen LogP contribution is -2.45. The molecule has 6 heteroatoms. The lowest BCUT2D eigenvalue weighted by molar-refractivity contribution is -0.172. The maximum atomic E-state index is 12.7. The Hall–Kier alpha value is -1.66. The van der Waals surface area contributed by atoms with Crippen LogP contribution in [-0.4, -0.2) is 25.2 Å². The molecule has 4 nitrogen and oxygen atoms in total. The summed E-state index contributed by atoms with van der Waals surface area (Å²) in [6.45, 7) is 3.99. The Morgan fingerprint density at radius 1 is 0.957 bits per heavy atom. The summed E-state index contributed by atoms with van der Waals surface area (Å²) in [5, 5.41) is 4.00. The fourth-order valence-corrected chi connectivity index (χ4v) is 5.06. The molecular formula is C17H18O4S2. The zero-order valence-electron chi connectivity index (χ0n) is 13.1. The predicted molar refractivity (Wildman–Crippen MR) is 90.7 cm³/mol. The number of fused-ring (bicyclic) bond motifs is 3. The maximum Gasteiger partial charge on any atom is 0.324 e. The summed E-state index contributed by atoms with van der Waals surface area (Å²) in [6.07, 6.45) is 0.649.